The molecule has 0 saturated heterocycles. The quantitative estimate of drug-likeness (QED) is 0.494. The number of benzene rings is 2. The Morgan fingerprint density at radius 2 is 1.86 bits per heavy atom. The number of rotatable bonds is 5. The monoisotopic (exact) mass is 506 g/mol. The van der Waals surface area contributed by atoms with E-state index in [4.69, 9.17) is 18.9 Å². The molecule has 186 valence electrons. The molecule has 0 N–H and O–H groups in total. The number of aromatic nitrogens is 1. The number of esters is 1. The van der Waals surface area contributed by atoms with E-state index in [1.54, 1.807) is 32.4 Å². The number of ether oxygens (including phenoxy) is 4. The standard InChI is InChI=1S/C27H26N2O6S/c1-14(2)35-26(31)23-16(4)28-27-29(24(23)17-6-8-19(32-5)9-7-17)25(30)22(36-27)12-18-11-21-20(10-15(18)3)33-13-34-21/h6-12,14,24H,13H2,1-5H3/t24-/m0/s1. The first kappa shape index (κ1) is 23.9. The summed E-state index contributed by atoms with van der Waals surface area (Å²) in [7, 11) is 1.59. The van der Waals surface area contributed by atoms with Crippen molar-refractivity contribution in [2.45, 2.75) is 39.8 Å². The summed E-state index contributed by atoms with van der Waals surface area (Å²) < 4.78 is 23.9. The molecule has 2 aliphatic heterocycles. The van der Waals surface area contributed by atoms with Gasteiger partial charge < -0.3 is 18.9 Å². The summed E-state index contributed by atoms with van der Waals surface area (Å²) in [6, 6.07) is 10.4. The van der Waals surface area contributed by atoms with Crippen molar-refractivity contribution in [2.24, 2.45) is 4.99 Å². The van der Waals surface area contributed by atoms with E-state index >= 15 is 0 Å². The number of hydrogen-bond acceptors (Lipinski definition) is 8. The Balaban J connectivity index is 1.69. The van der Waals surface area contributed by atoms with Gasteiger partial charge in [0, 0.05) is 0 Å². The first-order chi connectivity index (χ1) is 17.3. The molecule has 0 bridgehead atoms. The molecular formula is C27H26N2O6S. The maximum atomic E-state index is 13.8. The molecule has 0 unspecified atom stereocenters. The number of aryl methyl sites for hydroxylation is 1. The molecule has 1 atom stereocenters. The molecule has 2 aromatic carbocycles. The van der Waals surface area contributed by atoms with Crippen LogP contribution in [0.4, 0.5) is 0 Å². The van der Waals surface area contributed by atoms with Gasteiger partial charge in [-0.1, -0.05) is 23.5 Å². The molecule has 36 heavy (non-hydrogen) atoms. The molecule has 0 aliphatic carbocycles. The average Bonchev–Trinajstić information content (AvgIpc) is 3.41. The number of methoxy groups -OCH3 is 1. The van der Waals surface area contributed by atoms with Crippen LogP contribution in [0, 0.1) is 6.92 Å². The molecule has 8 nitrogen and oxygen atoms in total. The van der Waals surface area contributed by atoms with Crippen LogP contribution >= 0.6 is 11.3 Å². The predicted octanol–water partition coefficient (Wildman–Crippen LogP) is 3.23. The molecule has 0 fully saturated rings. The van der Waals surface area contributed by atoms with Crippen molar-refractivity contribution in [1.29, 1.82) is 0 Å². The van der Waals surface area contributed by atoms with Gasteiger partial charge in [-0.3, -0.25) is 9.36 Å². The van der Waals surface area contributed by atoms with Crippen molar-refractivity contribution in [3.63, 3.8) is 0 Å². The lowest BCUT2D eigenvalue weighted by atomic mass is 9.96. The number of carbonyl (C=O) groups excluding carboxylic acids is 1. The highest BCUT2D eigenvalue weighted by Gasteiger charge is 2.33. The van der Waals surface area contributed by atoms with E-state index in [1.165, 1.54) is 11.3 Å². The molecule has 0 saturated carbocycles. The zero-order valence-electron chi connectivity index (χ0n) is 20.7. The smallest absolute Gasteiger partial charge is 0.338 e. The molecule has 1 aromatic heterocycles. The summed E-state index contributed by atoms with van der Waals surface area (Å²) in [4.78, 5) is 32.1. The fourth-order valence-electron chi connectivity index (χ4n) is 4.32. The lowest BCUT2D eigenvalue weighted by Crippen LogP contribution is -2.40. The van der Waals surface area contributed by atoms with Crippen molar-refractivity contribution < 1.29 is 23.7 Å². The van der Waals surface area contributed by atoms with Crippen LogP contribution in [0.3, 0.4) is 0 Å². The van der Waals surface area contributed by atoms with Gasteiger partial charge in [0.25, 0.3) is 5.56 Å². The highest BCUT2D eigenvalue weighted by atomic mass is 32.1. The minimum atomic E-state index is -0.682. The minimum Gasteiger partial charge on any atom is -0.497 e. The molecule has 0 amide bonds. The largest absolute Gasteiger partial charge is 0.497 e. The van der Waals surface area contributed by atoms with Gasteiger partial charge in [-0.2, -0.15) is 0 Å². The van der Waals surface area contributed by atoms with Crippen molar-refractivity contribution in [3.05, 3.63) is 84.0 Å². The van der Waals surface area contributed by atoms with Crippen LogP contribution in [-0.2, 0) is 9.53 Å². The maximum Gasteiger partial charge on any atom is 0.338 e. The number of nitrogens with zero attached hydrogens (tertiary/aromatic N) is 2. The summed E-state index contributed by atoms with van der Waals surface area (Å²) in [5.74, 6) is 1.52. The Kier molecular flexibility index (Phi) is 6.17. The second-order valence-electron chi connectivity index (χ2n) is 8.87. The maximum absolute atomic E-state index is 13.8. The van der Waals surface area contributed by atoms with Gasteiger partial charge in [0.2, 0.25) is 6.79 Å². The van der Waals surface area contributed by atoms with E-state index in [1.807, 2.05) is 49.4 Å². The molecule has 0 radical (unpaired) electrons. The molecule has 0 spiro atoms. The van der Waals surface area contributed by atoms with E-state index in [9.17, 15) is 9.59 Å². The van der Waals surface area contributed by atoms with Crippen molar-refractivity contribution in [1.82, 2.24) is 4.57 Å². The molecule has 2 aliphatic rings. The Hall–Kier alpha value is -3.85. The van der Waals surface area contributed by atoms with Gasteiger partial charge in [0.15, 0.2) is 16.3 Å². The Morgan fingerprint density at radius 3 is 2.53 bits per heavy atom. The Morgan fingerprint density at radius 1 is 1.17 bits per heavy atom. The van der Waals surface area contributed by atoms with E-state index < -0.39 is 12.0 Å². The molecule has 9 heteroatoms. The summed E-state index contributed by atoms with van der Waals surface area (Å²) >= 11 is 1.28. The van der Waals surface area contributed by atoms with Crippen LogP contribution in [-0.4, -0.2) is 30.5 Å². The molecule has 5 rings (SSSR count). The summed E-state index contributed by atoms with van der Waals surface area (Å²) in [6.45, 7) is 7.48. The van der Waals surface area contributed by atoms with Gasteiger partial charge in [-0.05, 0) is 74.7 Å². The van der Waals surface area contributed by atoms with E-state index in [0.717, 1.165) is 16.7 Å². The van der Waals surface area contributed by atoms with Crippen LogP contribution in [0.15, 0.2) is 57.5 Å². The fourth-order valence-corrected chi connectivity index (χ4v) is 5.36. The molecular weight excluding hydrogens is 480 g/mol. The highest BCUT2D eigenvalue weighted by Crippen LogP contribution is 2.35. The number of thiazole rings is 1. The summed E-state index contributed by atoms with van der Waals surface area (Å²) in [6.07, 6.45) is 1.52. The first-order valence-corrected chi connectivity index (χ1v) is 12.4. The van der Waals surface area contributed by atoms with Crippen LogP contribution in [0.25, 0.3) is 6.08 Å². The van der Waals surface area contributed by atoms with E-state index in [-0.39, 0.29) is 18.5 Å². The van der Waals surface area contributed by atoms with Crippen LogP contribution in [0.2, 0.25) is 0 Å². The minimum absolute atomic E-state index is 0.177. The Labute approximate surface area is 211 Å². The third-order valence-corrected chi connectivity index (χ3v) is 7.05. The van der Waals surface area contributed by atoms with Gasteiger partial charge in [-0.25, -0.2) is 9.79 Å². The first-order valence-electron chi connectivity index (χ1n) is 11.5. The Bertz CT molecular complexity index is 1560. The van der Waals surface area contributed by atoms with Gasteiger partial charge >= 0.3 is 5.97 Å². The van der Waals surface area contributed by atoms with E-state index in [0.29, 0.717) is 37.9 Å². The highest BCUT2D eigenvalue weighted by molar-refractivity contribution is 7.07. The SMILES string of the molecule is COc1ccc([C@H]2C(C(=O)OC(C)C)=C(C)N=c3sc(=Cc4cc5c(cc4C)OCO5)c(=O)n32)cc1. The lowest BCUT2D eigenvalue weighted by Gasteiger charge is -2.25. The summed E-state index contributed by atoms with van der Waals surface area (Å²) in [5, 5.41) is 0. The van der Waals surface area contributed by atoms with Gasteiger partial charge in [0.1, 0.15) is 5.75 Å². The van der Waals surface area contributed by atoms with E-state index in [2.05, 4.69) is 4.99 Å². The zero-order chi connectivity index (χ0) is 25.6. The number of carbonyl (C=O) groups is 1. The zero-order valence-corrected chi connectivity index (χ0v) is 21.5. The average molecular weight is 507 g/mol. The number of hydrogen-bond donors (Lipinski definition) is 0. The fraction of sp³-hybridized carbons (Fsp3) is 0.296. The second-order valence-corrected chi connectivity index (χ2v) is 9.88. The molecule has 3 heterocycles. The predicted molar refractivity (Wildman–Crippen MR) is 135 cm³/mol. The van der Waals surface area contributed by atoms with Crippen molar-refractivity contribution in [3.8, 4) is 17.2 Å². The third kappa shape index (κ3) is 4.19. The summed E-state index contributed by atoms with van der Waals surface area (Å²) in [5.41, 5.74) is 3.18. The second kappa shape index (κ2) is 9.31. The van der Waals surface area contributed by atoms with Gasteiger partial charge in [-0.15, -0.1) is 0 Å². The van der Waals surface area contributed by atoms with Crippen molar-refractivity contribution >= 4 is 23.4 Å². The number of allylic oxidation sites excluding steroid dienone is 1. The molecule has 3 aromatic rings. The van der Waals surface area contributed by atoms with Gasteiger partial charge in [0.05, 0.1) is 35.1 Å². The van der Waals surface area contributed by atoms with Crippen LogP contribution in [0.5, 0.6) is 17.2 Å². The van der Waals surface area contributed by atoms with Crippen molar-refractivity contribution in [2.75, 3.05) is 13.9 Å². The lowest BCUT2D eigenvalue weighted by molar-refractivity contribution is -0.143. The topological polar surface area (TPSA) is 88.4 Å². The van der Waals surface area contributed by atoms with Crippen LogP contribution in [0.1, 0.15) is 43.5 Å². The van der Waals surface area contributed by atoms with Crippen LogP contribution < -0.4 is 29.1 Å². The normalized spacial score (nSPS) is 16.7. The third-order valence-electron chi connectivity index (χ3n) is 6.06. The number of fused-ring (bicyclic) bond motifs is 2.